The van der Waals surface area contributed by atoms with E-state index in [1.165, 1.54) is 25.6 Å². The number of hydrogen-bond donors (Lipinski definition) is 4. The number of para-hydroxylation sites is 1. The first-order chi connectivity index (χ1) is 20.6. The molecule has 4 N–H and O–H groups in total. The van der Waals surface area contributed by atoms with Gasteiger partial charge in [-0.05, 0) is 23.4 Å². The van der Waals surface area contributed by atoms with Crippen molar-refractivity contribution in [3.8, 4) is 22.9 Å². The highest BCUT2D eigenvalue weighted by Crippen LogP contribution is 2.39. The van der Waals surface area contributed by atoms with Gasteiger partial charge in [0.15, 0.2) is 28.1 Å². The maximum absolute atomic E-state index is 13.2. The maximum atomic E-state index is 13.2. The monoisotopic (exact) mass is 601 g/mol. The van der Waals surface area contributed by atoms with Crippen LogP contribution < -0.4 is 30.7 Å². The third-order valence-electron chi connectivity index (χ3n) is 5.66. The molecule has 0 saturated heterocycles. The van der Waals surface area contributed by atoms with Crippen molar-refractivity contribution in [3.63, 3.8) is 0 Å². The summed E-state index contributed by atoms with van der Waals surface area (Å²) >= 11 is 1.22. The summed E-state index contributed by atoms with van der Waals surface area (Å²) in [6.07, 6.45) is 0. The van der Waals surface area contributed by atoms with Crippen LogP contribution in [0.5, 0.6) is 11.6 Å². The number of hydrogen-bond acceptors (Lipinski definition) is 13. The van der Waals surface area contributed by atoms with Crippen molar-refractivity contribution in [2.75, 3.05) is 45.1 Å². The lowest BCUT2D eigenvalue weighted by atomic mass is 9.49. The lowest BCUT2D eigenvalue weighted by Crippen LogP contribution is -2.50. The van der Waals surface area contributed by atoms with Crippen LogP contribution in [-0.2, 0) is 4.74 Å². The molecule has 0 atom stereocenters. The molecule has 0 saturated carbocycles. The molecule has 0 bridgehead atoms. The molecule has 3 heterocycles. The lowest BCUT2D eigenvalue weighted by molar-refractivity contribution is 0.0932. The molecule has 0 aliphatic rings. The second kappa shape index (κ2) is 14.0. The summed E-state index contributed by atoms with van der Waals surface area (Å²) in [5.41, 5.74) is 2.16. The normalized spacial score (nSPS) is 11.0. The van der Waals surface area contributed by atoms with E-state index in [0.29, 0.717) is 64.1 Å². The van der Waals surface area contributed by atoms with Crippen LogP contribution in [0.25, 0.3) is 11.3 Å². The topological polar surface area (TPSA) is 174 Å². The molecule has 0 unspecified atom stereocenters. The minimum absolute atomic E-state index is 0.0671. The molecule has 4 aromatic rings. The van der Waals surface area contributed by atoms with Crippen molar-refractivity contribution >= 4 is 69.7 Å². The second-order valence-corrected chi connectivity index (χ2v) is 10.9. The zero-order valence-corrected chi connectivity index (χ0v) is 25.5. The summed E-state index contributed by atoms with van der Waals surface area (Å²) < 4.78 is 15.8. The molecule has 3 aromatic heterocycles. The Morgan fingerprint density at radius 3 is 2.37 bits per heavy atom. The molecular formula is C25H30B3N9O5S. The molecule has 0 spiro atoms. The molecule has 0 aliphatic heterocycles. The van der Waals surface area contributed by atoms with Gasteiger partial charge < -0.3 is 35.5 Å². The highest BCUT2D eigenvalue weighted by Gasteiger charge is 2.23. The molecule has 4 rings (SSSR count). The van der Waals surface area contributed by atoms with Gasteiger partial charge in [-0.3, -0.25) is 9.59 Å². The summed E-state index contributed by atoms with van der Waals surface area (Å²) in [5, 5.41) is 30.0. The highest BCUT2D eigenvalue weighted by molar-refractivity contribution is 7.12. The Hall–Kier alpha value is -4.70. The number of anilines is 4. The largest absolute Gasteiger partial charge is 0.494 e. The Kier molecular flexibility index (Phi) is 10.2. The summed E-state index contributed by atoms with van der Waals surface area (Å²) in [4.78, 5) is 30.2. The number of methoxy groups -OCH3 is 3. The van der Waals surface area contributed by atoms with Gasteiger partial charge in [0, 0.05) is 36.7 Å². The number of rotatable bonds is 13. The highest BCUT2D eigenvalue weighted by atomic mass is 32.1. The van der Waals surface area contributed by atoms with Crippen LogP contribution in [-0.4, -0.2) is 100 Å². The number of carbonyl (C=O) groups excluding carboxylic acids is 2. The molecular weight excluding hydrogens is 571 g/mol. The van der Waals surface area contributed by atoms with E-state index in [1.54, 1.807) is 36.8 Å². The van der Waals surface area contributed by atoms with E-state index >= 15 is 0 Å². The first-order valence-corrected chi connectivity index (χ1v) is 14.0. The number of amides is 2. The van der Waals surface area contributed by atoms with Crippen molar-refractivity contribution in [1.82, 2.24) is 36.0 Å². The number of nitrogens with zero attached hydrogens (tertiary/aromatic N) is 5. The molecule has 220 valence electrons. The summed E-state index contributed by atoms with van der Waals surface area (Å²) in [7, 11) is 10.2. The van der Waals surface area contributed by atoms with E-state index in [2.05, 4.69) is 46.6 Å². The lowest BCUT2D eigenvalue weighted by Gasteiger charge is -2.22. The molecule has 18 heteroatoms. The van der Waals surface area contributed by atoms with E-state index in [9.17, 15) is 9.59 Å². The van der Waals surface area contributed by atoms with Gasteiger partial charge in [0.05, 0.1) is 37.9 Å². The fraction of sp³-hybridized carbons (Fsp3) is 0.240. The Balaban J connectivity index is 1.68. The number of nitrogens with one attached hydrogen (secondary N) is 4. The number of benzene rings is 1. The fourth-order valence-electron chi connectivity index (χ4n) is 3.79. The van der Waals surface area contributed by atoms with Crippen molar-refractivity contribution in [3.05, 3.63) is 52.5 Å². The second-order valence-electron chi connectivity index (χ2n) is 10.1. The number of aromatic nitrogens is 5. The Labute approximate surface area is 255 Å². The predicted molar refractivity (Wildman–Crippen MR) is 171 cm³/mol. The summed E-state index contributed by atoms with van der Waals surface area (Å²) in [5.74, 6) is 0.816. The van der Waals surface area contributed by atoms with Gasteiger partial charge in [0.2, 0.25) is 5.88 Å². The molecule has 14 nitrogen and oxygen atoms in total. The third kappa shape index (κ3) is 8.20. The van der Waals surface area contributed by atoms with Crippen LogP contribution in [0.15, 0.2) is 41.8 Å². The molecule has 0 aliphatic carbocycles. The summed E-state index contributed by atoms with van der Waals surface area (Å²) in [6, 6.07) is 10.4. The zero-order valence-electron chi connectivity index (χ0n) is 24.6. The summed E-state index contributed by atoms with van der Waals surface area (Å²) in [6.45, 7) is 0.774. The van der Waals surface area contributed by atoms with E-state index in [4.69, 9.17) is 14.2 Å². The van der Waals surface area contributed by atoms with Gasteiger partial charge in [-0.25, -0.2) is 4.98 Å². The number of ether oxygens (including phenoxy) is 3. The van der Waals surface area contributed by atoms with Crippen LogP contribution in [0.2, 0.25) is 0 Å². The Bertz CT molecular complexity index is 1590. The average molecular weight is 601 g/mol. The first kappa shape index (κ1) is 31.2. The van der Waals surface area contributed by atoms with Crippen molar-refractivity contribution in [2.45, 2.75) is 5.24 Å². The number of thiazole rings is 1. The van der Waals surface area contributed by atoms with Crippen molar-refractivity contribution in [1.29, 1.82) is 0 Å². The quantitative estimate of drug-likeness (QED) is 0.115. The Morgan fingerprint density at radius 2 is 1.70 bits per heavy atom. The third-order valence-corrected chi connectivity index (χ3v) is 6.50. The minimum atomic E-state index is -0.512. The van der Waals surface area contributed by atoms with Crippen LogP contribution in [0.1, 0.15) is 20.3 Å². The van der Waals surface area contributed by atoms with Crippen molar-refractivity contribution in [2.24, 2.45) is 0 Å². The molecule has 0 radical (unpaired) electrons. The fourth-order valence-corrected chi connectivity index (χ4v) is 4.52. The van der Waals surface area contributed by atoms with Gasteiger partial charge in [-0.1, -0.05) is 6.07 Å². The van der Waals surface area contributed by atoms with Crippen LogP contribution in [0.3, 0.4) is 0 Å². The maximum Gasteiger partial charge on any atom is 0.280 e. The van der Waals surface area contributed by atoms with E-state index in [1.807, 2.05) is 35.7 Å². The van der Waals surface area contributed by atoms with E-state index in [0.717, 1.165) is 0 Å². The van der Waals surface area contributed by atoms with Crippen LogP contribution in [0, 0.1) is 0 Å². The number of carbonyl (C=O) groups is 2. The van der Waals surface area contributed by atoms with Gasteiger partial charge >= 0.3 is 0 Å². The van der Waals surface area contributed by atoms with Gasteiger partial charge in [0.25, 0.3) is 11.8 Å². The van der Waals surface area contributed by atoms with Crippen LogP contribution in [0.4, 0.5) is 23.0 Å². The van der Waals surface area contributed by atoms with Crippen LogP contribution >= 0.6 is 11.3 Å². The van der Waals surface area contributed by atoms with E-state index < -0.39 is 11.1 Å². The molecule has 2 amide bonds. The Morgan fingerprint density at radius 1 is 0.907 bits per heavy atom. The predicted octanol–water partition coefficient (Wildman–Crippen LogP) is -0.489. The molecule has 43 heavy (non-hydrogen) atoms. The van der Waals surface area contributed by atoms with Gasteiger partial charge in [-0.2, -0.15) is 0 Å². The first-order valence-electron chi connectivity index (χ1n) is 13.1. The zero-order chi connectivity index (χ0) is 31.0. The average Bonchev–Trinajstić information content (AvgIpc) is 3.47. The molecule has 1 aromatic carbocycles. The van der Waals surface area contributed by atoms with Gasteiger partial charge in [-0.15, -0.1) is 31.7 Å². The van der Waals surface area contributed by atoms with E-state index in [-0.39, 0.29) is 11.6 Å². The smallest absolute Gasteiger partial charge is 0.280 e. The standard InChI is InChI=1S/C25H30B3N9O5S/c1-40-10-9-29-23(39)24-31-16(12-43-24)13-5-4-6-14(21(13)42-3)30-15-11-18(32-17-7-8-19(41-2)36-34-17)35-37-20(15)22(38)33-25(26,27)28/h4-8,11-12H,9-10,26-28H2,1-3H3,(H,29,39)(H,33,38)(H2,30,32,34,35). The van der Waals surface area contributed by atoms with Gasteiger partial charge in [0.1, 0.15) is 23.5 Å². The minimum Gasteiger partial charge on any atom is -0.494 e. The molecule has 0 fully saturated rings. The SMILES string of the molecule is BC(B)(B)NC(=O)c1nnc(Nc2ccc(OC)nn2)cc1Nc1cccc(-c2csc(C(=O)NCCOC)n2)c1OC. The van der Waals surface area contributed by atoms with Crippen molar-refractivity contribution < 1.29 is 23.8 Å².